The molecule has 5 rings (SSSR count). The van der Waals surface area contributed by atoms with E-state index in [-0.39, 0.29) is 0 Å². The third kappa shape index (κ3) is 1.13. The van der Waals surface area contributed by atoms with Crippen LogP contribution >= 0.6 is 11.3 Å². The van der Waals surface area contributed by atoms with Crippen molar-refractivity contribution in [3.63, 3.8) is 0 Å². The van der Waals surface area contributed by atoms with Crippen LogP contribution in [0.5, 0.6) is 0 Å². The Bertz CT molecular complexity index is 946. The van der Waals surface area contributed by atoms with Gasteiger partial charge in [-0.1, -0.05) is 24.3 Å². The average molecular weight is 263 g/mol. The van der Waals surface area contributed by atoms with Crippen LogP contribution in [0.1, 0.15) is 5.56 Å². The Morgan fingerprint density at radius 2 is 1.95 bits per heavy atom. The van der Waals surface area contributed by atoms with Crippen LogP contribution in [-0.2, 0) is 6.54 Å². The Balaban J connectivity index is 1.93. The van der Waals surface area contributed by atoms with E-state index in [0.717, 1.165) is 6.54 Å². The van der Waals surface area contributed by atoms with Gasteiger partial charge in [0, 0.05) is 17.8 Å². The van der Waals surface area contributed by atoms with Crippen LogP contribution in [-0.4, -0.2) is 4.40 Å². The van der Waals surface area contributed by atoms with Gasteiger partial charge in [-0.3, -0.25) is 0 Å². The van der Waals surface area contributed by atoms with E-state index in [1.165, 1.54) is 32.0 Å². The summed E-state index contributed by atoms with van der Waals surface area (Å²) in [5, 5.41) is 1.39. The normalized spacial score (nSPS) is 13.1. The predicted molar refractivity (Wildman–Crippen MR) is 77.5 cm³/mol. The van der Waals surface area contributed by atoms with Crippen molar-refractivity contribution in [2.24, 2.45) is 0 Å². The molecule has 0 saturated carbocycles. The minimum Gasteiger partial charge on any atom is -0.303 e. The van der Waals surface area contributed by atoms with Gasteiger partial charge in [0.05, 0.1) is 11.1 Å². The zero-order chi connectivity index (χ0) is 12.4. The third-order valence-electron chi connectivity index (χ3n) is 3.92. The number of nitrogens with zero attached hydrogens (tertiary/aromatic N) is 2. The van der Waals surface area contributed by atoms with Crippen LogP contribution in [0.15, 0.2) is 54.7 Å². The highest BCUT2D eigenvalue weighted by atomic mass is 32.1. The summed E-state index contributed by atoms with van der Waals surface area (Å²) in [7, 11) is 0. The molecule has 0 aliphatic carbocycles. The minimum atomic E-state index is 1.00. The zero-order valence-corrected chi connectivity index (χ0v) is 11.0. The maximum atomic E-state index is 2.44. The molecule has 4 aromatic rings. The van der Waals surface area contributed by atoms with Gasteiger partial charge in [-0.2, -0.15) is 4.57 Å². The first-order valence-corrected chi connectivity index (χ1v) is 7.24. The Labute approximate surface area is 114 Å². The lowest BCUT2D eigenvalue weighted by molar-refractivity contribution is -0.641. The zero-order valence-electron chi connectivity index (χ0n) is 10.2. The summed E-state index contributed by atoms with van der Waals surface area (Å²) in [6, 6.07) is 17.4. The van der Waals surface area contributed by atoms with Crippen molar-refractivity contribution < 1.29 is 4.57 Å². The van der Waals surface area contributed by atoms with Crippen LogP contribution < -0.4 is 4.57 Å². The number of fused-ring (bicyclic) bond motifs is 7. The third-order valence-corrected chi connectivity index (χ3v) is 5.15. The van der Waals surface area contributed by atoms with E-state index < -0.39 is 0 Å². The van der Waals surface area contributed by atoms with Gasteiger partial charge in [-0.05, 0) is 29.5 Å². The van der Waals surface area contributed by atoms with Crippen LogP contribution in [0.25, 0.3) is 26.4 Å². The molecule has 0 bridgehead atoms. The lowest BCUT2D eigenvalue weighted by atomic mass is 10.1. The van der Waals surface area contributed by atoms with Crippen molar-refractivity contribution in [3.8, 4) is 10.6 Å². The van der Waals surface area contributed by atoms with E-state index in [1.807, 2.05) is 11.3 Å². The van der Waals surface area contributed by atoms with Gasteiger partial charge < -0.3 is 4.40 Å². The van der Waals surface area contributed by atoms with E-state index >= 15 is 0 Å². The van der Waals surface area contributed by atoms with Crippen LogP contribution in [0.3, 0.4) is 0 Å². The van der Waals surface area contributed by atoms with E-state index in [9.17, 15) is 0 Å². The minimum absolute atomic E-state index is 1.00. The lowest BCUT2D eigenvalue weighted by Gasteiger charge is -1.92. The fraction of sp³-hybridized carbons (Fsp3) is 0.0625. The molecule has 1 aromatic carbocycles. The highest BCUT2D eigenvalue weighted by Gasteiger charge is 2.32. The highest BCUT2D eigenvalue weighted by Crippen LogP contribution is 2.36. The Hall–Kier alpha value is -2.13. The number of pyridine rings is 1. The molecular formula is C16H11N2S+. The number of benzene rings is 1. The molecule has 0 unspecified atom stereocenters. The first-order chi connectivity index (χ1) is 9.42. The largest absolute Gasteiger partial charge is 0.303 e. The van der Waals surface area contributed by atoms with Gasteiger partial charge >= 0.3 is 0 Å². The maximum absolute atomic E-state index is 2.44. The fourth-order valence-corrected chi connectivity index (χ4v) is 4.33. The van der Waals surface area contributed by atoms with Crippen LogP contribution in [0.4, 0.5) is 0 Å². The van der Waals surface area contributed by atoms with Gasteiger partial charge in [-0.25, -0.2) is 0 Å². The van der Waals surface area contributed by atoms with Crippen molar-refractivity contribution in [1.82, 2.24) is 4.40 Å². The van der Waals surface area contributed by atoms with Crippen molar-refractivity contribution in [3.05, 3.63) is 60.3 Å². The molecule has 0 fully saturated rings. The monoisotopic (exact) mass is 263 g/mol. The topological polar surface area (TPSA) is 8.29 Å². The standard InChI is InChI=1S/C16H11N2S/c1-2-7-13-11(5-1)10-18-14-9-12-6-3-4-8-17(12)16(14)19-15(13)18/h1-9H,10H2/q+1. The number of thiazole rings is 1. The predicted octanol–water partition coefficient (Wildman–Crippen LogP) is 3.47. The van der Waals surface area contributed by atoms with Crippen LogP contribution in [0.2, 0.25) is 0 Å². The summed E-state index contributed by atoms with van der Waals surface area (Å²) in [4.78, 5) is 1.35. The smallest absolute Gasteiger partial charge is 0.272 e. The highest BCUT2D eigenvalue weighted by molar-refractivity contribution is 7.20. The molecule has 4 heterocycles. The molecule has 0 amide bonds. The number of hydrogen-bond acceptors (Lipinski definition) is 1. The Morgan fingerprint density at radius 1 is 1.05 bits per heavy atom. The van der Waals surface area contributed by atoms with Crippen molar-refractivity contribution in [2.75, 3.05) is 0 Å². The van der Waals surface area contributed by atoms with Crippen LogP contribution in [0, 0.1) is 0 Å². The number of hydrogen-bond donors (Lipinski definition) is 0. The molecule has 19 heavy (non-hydrogen) atoms. The molecule has 0 N–H and O–H groups in total. The number of aromatic nitrogens is 2. The van der Waals surface area contributed by atoms with E-state index in [2.05, 4.69) is 63.7 Å². The second kappa shape index (κ2) is 3.25. The van der Waals surface area contributed by atoms with Crippen molar-refractivity contribution in [1.29, 1.82) is 0 Å². The SMILES string of the molecule is c1ccc2c(c1)C[n+]1c-2sc2c1cc1ccccn12. The first kappa shape index (κ1) is 9.75. The summed E-state index contributed by atoms with van der Waals surface area (Å²) >= 11 is 1.89. The molecule has 1 aliphatic rings. The van der Waals surface area contributed by atoms with Gasteiger partial charge in [0.2, 0.25) is 5.52 Å². The molecule has 0 radical (unpaired) electrons. The molecule has 90 valence electrons. The quantitative estimate of drug-likeness (QED) is 0.378. The van der Waals surface area contributed by atoms with Gasteiger partial charge in [0.15, 0.2) is 11.4 Å². The molecular weight excluding hydrogens is 252 g/mol. The second-order valence-electron chi connectivity index (χ2n) is 4.98. The molecule has 2 nitrogen and oxygen atoms in total. The summed E-state index contributed by atoms with van der Waals surface area (Å²) in [5.74, 6) is 0. The maximum Gasteiger partial charge on any atom is 0.272 e. The average Bonchev–Trinajstić information content (AvgIpc) is 3.07. The van der Waals surface area contributed by atoms with E-state index in [1.54, 1.807) is 0 Å². The first-order valence-electron chi connectivity index (χ1n) is 6.42. The summed E-state index contributed by atoms with van der Waals surface area (Å²) < 4.78 is 4.73. The van der Waals surface area contributed by atoms with Crippen molar-refractivity contribution >= 4 is 27.2 Å². The molecule has 1 aliphatic heterocycles. The summed E-state index contributed by atoms with van der Waals surface area (Å²) in [6.45, 7) is 1.00. The molecule has 0 atom stereocenters. The van der Waals surface area contributed by atoms with E-state index in [4.69, 9.17) is 0 Å². The van der Waals surface area contributed by atoms with Gasteiger partial charge in [0.1, 0.15) is 0 Å². The van der Waals surface area contributed by atoms with E-state index in [0.29, 0.717) is 0 Å². The Kier molecular flexibility index (Phi) is 1.67. The van der Waals surface area contributed by atoms with Gasteiger partial charge in [0.25, 0.3) is 5.01 Å². The molecule has 0 spiro atoms. The molecule has 0 saturated heterocycles. The molecule has 3 heteroatoms. The van der Waals surface area contributed by atoms with Gasteiger partial charge in [-0.15, -0.1) is 0 Å². The lowest BCUT2D eigenvalue weighted by Crippen LogP contribution is -2.29. The summed E-state index contributed by atoms with van der Waals surface area (Å²) in [5.41, 5.74) is 5.46. The Morgan fingerprint density at radius 3 is 2.95 bits per heavy atom. The second-order valence-corrected chi connectivity index (χ2v) is 5.96. The van der Waals surface area contributed by atoms with Crippen molar-refractivity contribution in [2.45, 2.75) is 6.54 Å². The number of rotatable bonds is 0. The summed E-state index contributed by atoms with van der Waals surface area (Å²) in [6.07, 6.45) is 2.15. The molecule has 3 aromatic heterocycles. The fourth-order valence-electron chi connectivity index (χ4n) is 3.03.